The molecule has 0 spiro atoms. The lowest BCUT2D eigenvalue weighted by Gasteiger charge is -2.09. The molecule has 0 N–H and O–H groups in total. The van der Waals surface area contributed by atoms with Crippen LogP contribution in [0.2, 0.25) is 0 Å². The Balaban J connectivity index is 2.93. The summed E-state index contributed by atoms with van der Waals surface area (Å²) in [6, 6.07) is 7.80. The highest BCUT2D eigenvalue weighted by atomic mass is 16.5. The first-order valence-corrected chi connectivity index (χ1v) is 5.88. The number of hydrogen-bond donors (Lipinski definition) is 0. The van der Waals surface area contributed by atoms with Gasteiger partial charge in [0.2, 0.25) is 0 Å². The fourth-order valence-electron chi connectivity index (χ4n) is 1.70. The van der Waals surface area contributed by atoms with Crippen molar-refractivity contribution in [1.82, 2.24) is 0 Å². The normalized spacial score (nSPS) is 9.71. The van der Waals surface area contributed by atoms with E-state index in [-0.39, 0.29) is 5.97 Å². The van der Waals surface area contributed by atoms with Gasteiger partial charge in [0.05, 0.1) is 18.2 Å². The molecule has 1 aromatic rings. The Hall–Kier alpha value is -1.82. The van der Waals surface area contributed by atoms with Crippen molar-refractivity contribution in [2.45, 2.75) is 33.1 Å². The van der Waals surface area contributed by atoms with E-state index in [0.29, 0.717) is 18.6 Å². The van der Waals surface area contributed by atoms with Crippen LogP contribution in [0.3, 0.4) is 0 Å². The topological polar surface area (TPSA) is 50.1 Å². The lowest BCUT2D eigenvalue weighted by atomic mass is 10.00. The van der Waals surface area contributed by atoms with Gasteiger partial charge in [0, 0.05) is 6.42 Å². The van der Waals surface area contributed by atoms with Gasteiger partial charge in [-0.25, -0.2) is 4.79 Å². The summed E-state index contributed by atoms with van der Waals surface area (Å²) in [6.07, 6.45) is 2.02. The molecular weight excluding hydrogens is 214 g/mol. The summed E-state index contributed by atoms with van der Waals surface area (Å²) in [6.45, 7) is 4.19. The van der Waals surface area contributed by atoms with E-state index >= 15 is 0 Å². The van der Waals surface area contributed by atoms with Crippen LogP contribution in [0, 0.1) is 11.3 Å². The molecule has 3 nitrogen and oxygen atoms in total. The zero-order chi connectivity index (χ0) is 12.7. The van der Waals surface area contributed by atoms with Crippen LogP contribution < -0.4 is 0 Å². The quantitative estimate of drug-likeness (QED) is 0.732. The Kier molecular flexibility index (Phi) is 5.22. The van der Waals surface area contributed by atoms with E-state index in [0.717, 1.165) is 24.0 Å². The number of hydrogen-bond acceptors (Lipinski definition) is 3. The Morgan fingerprint density at radius 2 is 2.18 bits per heavy atom. The maximum atomic E-state index is 11.7. The summed E-state index contributed by atoms with van der Waals surface area (Å²) >= 11 is 0. The maximum absolute atomic E-state index is 11.7. The van der Waals surface area contributed by atoms with Crippen molar-refractivity contribution in [2.75, 3.05) is 6.61 Å². The van der Waals surface area contributed by atoms with Crippen molar-refractivity contribution in [3.63, 3.8) is 0 Å². The van der Waals surface area contributed by atoms with E-state index in [1.807, 2.05) is 19.1 Å². The maximum Gasteiger partial charge on any atom is 0.338 e. The van der Waals surface area contributed by atoms with Gasteiger partial charge >= 0.3 is 5.97 Å². The van der Waals surface area contributed by atoms with Crippen LogP contribution in [0.4, 0.5) is 0 Å². The Morgan fingerprint density at radius 3 is 2.76 bits per heavy atom. The van der Waals surface area contributed by atoms with Gasteiger partial charge in [0.15, 0.2) is 0 Å². The van der Waals surface area contributed by atoms with Gasteiger partial charge in [0.25, 0.3) is 0 Å². The molecule has 90 valence electrons. The van der Waals surface area contributed by atoms with Crippen molar-refractivity contribution < 1.29 is 9.53 Å². The lowest BCUT2D eigenvalue weighted by Crippen LogP contribution is -2.08. The SMILES string of the molecule is CCOC(=O)c1ccc(CCC#N)cc1CC. The third-order valence-corrected chi connectivity index (χ3v) is 2.57. The molecule has 0 aliphatic carbocycles. The molecule has 1 aromatic carbocycles. The van der Waals surface area contributed by atoms with Crippen LogP contribution in [0.5, 0.6) is 0 Å². The average Bonchev–Trinajstić information content (AvgIpc) is 2.36. The van der Waals surface area contributed by atoms with Crippen LogP contribution >= 0.6 is 0 Å². The molecule has 0 saturated heterocycles. The van der Waals surface area contributed by atoms with Crippen molar-refractivity contribution in [2.24, 2.45) is 0 Å². The number of carbonyl (C=O) groups excluding carboxylic acids is 1. The summed E-state index contributed by atoms with van der Waals surface area (Å²) in [5.41, 5.74) is 2.71. The first kappa shape index (κ1) is 13.2. The largest absolute Gasteiger partial charge is 0.462 e. The summed E-state index contributed by atoms with van der Waals surface area (Å²) in [5.74, 6) is -0.267. The van der Waals surface area contributed by atoms with Gasteiger partial charge in [-0.2, -0.15) is 5.26 Å². The van der Waals surface area contributed by atoms with Gasteiger partial charge in [-0.15, -0.1) is 0 Å². The second-order valence-corrected chi connectivity index (χ2v) is 3.72. The molecule has 17 heavy (non-hydrogen) atoms. The number of esters is 1. The standard InChI is InChI=1S/C14H17NO2/c1-3-12-10-11(6-5-9-15)7-8-13(12)14(16)17-4-2/h7-8,10H,3-6H2,1-2H3. The van der Waals surface area contributed by atoms with Crippen LogP contribution in [-0.4, -0.2) is 12.6 Å². The molecule has 0 aliphatic rings. The number of rotatable bonds is 5. The predicted octanol–water partition coefficient (Wildman–Crippen LogP) is 2.88. The van der Waals surface area contributed by atoms with E-state index < -0.39 is 0 Å². The van der Waals surface area contributed by atoms with Crippen LogP contribution in [0.25, 0.3) is 0 Å². The fourth-order valence-corrected chi connectivity index (χ4v) is 1.70. The van der Waals surface area contributed by atoms with Crippen LogP contribution in [-0.2, 0) is 17.6 Å². The van der Waals surface area contributed by atoms with E-state index in [4.69, 9.17) is 10.00 Å². The van der Waals surface area contributed by atoms with Gasteiger partial charge < -0.3 is 4.74 Å². The van der Waals surface area contributed by atoms with Crippen LogP contribution in [0.15, 0.2) is 18.2 Å². The number of nitriles is 1. The van der Waals surface area contributed by atoms with Crippen molar-refractivity contribution in [1.29, 1.82) is 5.26 Å². The monoisotopic (exact) mass is 231 g/mol. The zero-order valence-electron chi connectivity index (χ0n) is 10.3. The van der Waals surface area contributed by atoms with E-state index in [2.05, 4.69) is 6.07 Å². The molecule has 0 aromatic heterocycles. The minimum absolute atomic E-state index is 0.267. The zero-order valence-corrected chi connectivity index (χ0v) is 10.3. The molecule has 0 radical (unpaired) electrons. The third kappa shape index (κ3) is 3.60. The third-order valence-electron chi connectivity index (χ3n) is 2.57. The van der Waals surface area contributed by atoms with Gasteiger partial charge in [-0.05, 0) is 37.0 Å². The number of carbonyl (C=O) groups is 1. The van der Waals surface area contributed by atoms with E-state index in [1.165, 1.54) is 0 Å². The summed E-state index contributed by atoms with van der Waals surface area (Å²) in [5, 5.41) is 8.54. The minimum atomic E-state index is -0.267. The molecule has 0 atom stereocenters. The highest BCUT2D eigenvalue weighted by Crippen LogP contribution is 2.15. The number of benzene rings is 1. The predicted molar refractivity (Wildman–Crippen MR) is 65.7 cm³/mol. The smallest absolute Gasteiger partial charge is 0.338 e. The Bertz CT molecular complexity index is 432. The summed E-state index contributed by atoms with van der Waals surface area (Å²) < 4.78 is 5.00. The first-order valence-electron chi connectivity index (χ1n) is 5.88. The van der Waals surface area contributed by atoms with Crippen LogP contribution in [0.1, 0.15) is 41.8 Å². The van der Waals surface area contributed by atoms with E-state index in [9.17, 15) is 4.79 Å². The van der Waals surface area contributed by atoms with Crippen molar-refractivity contribution in [3.8, 4) is 6.07 Å². The number of ether oxygens (including phenoxy) is 1. The lowest BCUT2D eigenvalue weighted by molar-refractivity contribution is 0.0525. The Morgan fingerprint density at radius 1 is 1.41 bits per heavy atom. The fraction of sp³-hybridized carbons (Fsp3) is 0.429. The molecule has 0 fully saturated rings. The molecule has 0 bridgehead atoms. The molecule has 0 aliphatic heterocycles. The van der Waals surface area contributed by atoms with E-state index in [1.54, 1.807) is 13.0 Å². The molecule has 0 heterocycles. The Labute approximate surface area is 102 Å². The second-order valence-electron chi connectivity index (χ2n) is 3.72. The van der Waals surface area contributed by atoms with Gasteiger partial charge in [-0.3, -0.25) is 0 Å². The molecule has 0 saturated carbocycles. The second kappa shape index (κ2) is 6.70. The number of aryl methyl sites for hydroxylation is 2. The minimum Gasteiger partial charge on any atom is -0.462 e. The van der Waals surface area contributed by atoms with Crippen molar-refractivity contribution >= 4 is 5.97 Å². The number of nitrogens with zero attached hydrogens (tertiary/aromatic N) is 1. The highest BCUT2D eigenvalue weighted by molar-refractivity contribution is 5.91. The molecule has 3 heteroatoms. The summed E-state index contributed by atoms with van der Waals surface area (Å²) in [4.78, 5) is 11.7. The first-order chi connectivity index (χ1) is 8.22. The molecule has 0 amide bonds. The van der Waals surface area contributed by atoms with Gasteiger partial charge in [-0.1, -0.05) is 19.1 Å². The van der Waals surface area contributed by atoms with Crippen molar-refractivity contribution in [3.05, 3.63) is 34.9 Å². The highest BCUT2D eigenvalue weighted by Gasteiger charge is 2.11. The molecule has 1 rings (SSSR count). The molecular formula is C14H17NO2. The van der Waals surface area contributed by atoms with Gasteiger partial charge in [0.1, 0.15) is 0 Å². The average molecular weight is 231 g/mol. The molecule has 0 unspecified atom stereocenters. The summed E-state index contributed by atoms with van der Waals surface area (Å²) in [7, 11) is 0.